The molecule has 6 aromatic carbocycles. The standard InChI is InChI=1S/C43H36N4/c1-29-12-20-33(21-13-29)46(34-22-14-30(2)15-23-34)41-37-9-5-6-10-38(37)42(43-40(41)44-39-11-7-8-28-45(39)43)47(35-24-16-31(3)17-25-35)36-26-18-32(4)19-27-36/h5-28H,1-4H3. The lowest BCUT2D eigenvalue weighted by molar-refractivity contribution is 1.21. The van der Waals surface area contributed by atoms with Crippen LogP contribution in [0.1, 0.15) is 22.3 Å². The van der Waals surface area contributed by atoms with Gasteiger partial charge in [0.15, 0.2) is 0 Å². The van der Waals surface area contributed by atoms with Crippen molar-refractivity contribution in [2.75, 3.05) is 9.80 Å². The maximum atomic E-state index is 5.43. The summed E-state index contributed by atoms with van der Waals surface area (Å²) in [7, 11) is 0. The zero-order valence-corrected chi connectivity index (χ0v) is 27.1. The molecule has 0 aliphatic heterocycles. The van der Waals surface area contributed by atoms with Crippen molar-refractivity contribution in [1.82, 2.24) is 9.38 Å². The van der Waals surface area contributed by atoms with Crippen LogP contribution in [0.2, 0.25) is 0 Å². The van der Waals surface area contributed by atoms with Crippen molar-refractivity contribution in [1.29, 1.82) is 0 Å². The second-order valence-corrected chi connectivity index (χ2v) is 12.5. The van der Waals surface area contributed by atoms with Gasteiger partial charge in [0.2, 0.25) is 0 Å². The van der Waals surface area contributed by atoms with Crippen molar-refractivity contribution in [3.05, 3.63) is 168 Å². The summed E-state index contributed by atoms with van der Waals surface area (Å²) in [5.41, 5.74) is 14.3. The minimum atomic E-state index is 0.904. The van der Waals surface area contributed by atoms with Gasteiger partial charge in [-0.25, -0.2) is 4.98 Å². The van der Waals surface area contributed by atoms with E-state index in [-0.39, 0.29) is 0 Å². The number of pyridine rings is 1. The van der Waals surface area contributed by atoms with Crippen molar-refractivity contribution in [3.63, 3.8) is 0 Å². The van der Waals surface area contributed by atoms with Gasteiger partial charge in [0.25, 0.3) is 0 Å². The number of hydrogen-bond donors (Lipinski definition) is 0. The van der Waals surface area contributed by atoms with E-state index in [0.29, 0.717) is 0 Å². The average Bonchev–Trinajstić information content (AvgIpc) is 3.48. The van der Waals surface area contributed by atoms with E-state index in [4.69, 9.17) is 4.98 Å². The zero-order chi connectivity index (χ0) is 32.1. The summed E-state index contributed by atoms with van der Waals surface area (Å²) in [5, 5.41) is 2.27. The lowest BCUT2D eigenvalue weighted by Crippen LogP contribution is -2.15. The molecule has 47 heavy (non-hydrogen) atoms. The smallest absolute Gasteiger partial charge is 0.138 e. The molecule has 0 bridgehead atoms. The molecule has 0 fully saturated rings. The first-order chi connectivity index (χ1) is 23.0. The van der Waals surface area contributed by atoms with Gasteiger partial charge in [-0.15, -0.1) is 0 Å². The first-order valence-electron chi connectivity index (χ1n) is 16.1. The van der Waals surface area contributed by atoms with Crippen LogP contribution < -0.4 is 9.80 Å². The van der Waals surface area contributed by atoms with Crippen molar-refractivity contribution in [2.45, 2.75) is 27.7 Å². The third-order valence-corrected chi connectivity index (χ3v) is 9.03. The third-order valence-electron chi connectivity index (χ3n) is 9.03. The molecule has 2 aromatic heterocycles. The first kappa shape index (κ1) is 28.6. The average molecular weight is 609 g/mol. The van der Waals surface area contributed by atoms with Crippen molar-refractivity contribution < 1.29 is 0 Å². The number of benzene rings is 6. The molecule has 0 N–H and O–H groups in total. The Morgan fingerprint density at radius 2 is 0.809 bits per heavy atom. The summed E-state index contributed by atoms with van der Waals surface area (Å²) in [4.78, 5) is 10.2. The van der Waals surface area contributed by atoms with E-state index in [9.17, 15) is 0 Å². The predicted octanol–water partition coefficient (Wildman–Crippen LogP) is 11.8. The minimum absolute atomic E-state index is 0.904. The molecule has 0 radical (unpaired) electrons. The van der Waals surface area contributed by atoms with Gasteiger partial charge < -0.3 is 9.80 Å². The Morgan fingerprint density at radius 1 is 0.426 bits per heavy atom. The van der Waals surface area contributed by atoms with E-state index in [1.54, 1.807) is 0 Å². The number of aryl methyl sites for hydroxylation is 4. The molecule has 0 aliphatic rings. The second kappa shape index (κ2) is 11.5. The number of imidazole rings is 1. The summed E-state index contributed by atoms with van der Waals surface area (Å²) in [6.45, 7) is 8.54. The predicted molar refractivity (Wildman–Crippen MR) is 199 cm³/mol. The van der Waals surface area contributed by atoms with Crippen molar-refractivity contribution in [2.24, 2.45) is 0 Å². The van der Waals surface area contributed by atoms with Crippen molar-refractivity contribution in [3.8, 4) is 0 Å². The van der Waals surface area contributed by atoms with Crippen LogP contribution in [0.3, 0.4) is 0 Å². The molecule has 0 amide bonds. The topological polar surface area (TPSA) is 23.8 Å². The van der Waals surface area contributed by atoms with Crippen LogP contribution in [0.15, 0.2) is 146 Å². The summed E-state index contributed by atoms with van der Waals surface area (Å²) in [6, 6.07) is 50.3. The summed E-state index contributed by atoms with van der Waals surface area (Å²) in [6.07, 6.45) is 2.14. The van der Waals surface area contributed by atoms with Gasteiger partial charge in [0, 0.05) is 39.7 Å². The van der Waals surface area contributed by atoms with Crippen LogP contribution in [-0.2, 0) is 0 Å². The first-order valence-corrected chi connectivity index (χ1v) is 16.1. The Bertz CT molecular complexity index is 2280. The molecule has 4 heteroatoms. The second-order valence-electron chi connectivity index (χ2n) is 12.5. The Balaban J connectivity index is 1.55. The highest BCUT2D eigenvalue weighted by Gasteiger charge is 2.28. The molecule has 2 heterocycles. The fraction of sp³-hybridized carbons (Fsp3) is 0.0930. The van der Waals surface area contributed by atoms with E-state index in [0.717, 1.165) is 61.6 Å². The van der Waals surface area contributed by atoms with Crippen LogP contribution >= 0.6 is 0 Å². The van der Waals surface area contributed by atoms with E-state index in [1.165, 1.54) is 22.3 Å². The van der Waals surface area contributed by atoms with E-state index in [1.807, 2.05) is 0 Å². The van der Waals surface area contributed by atoms with Crippen LogP contribution in [-0.4, -0.2) is 9.38 Å². The molecule has 228 valence electrons. The Morgan fingerprint density at radius 3 is 1.26 bits per heavy atom. The lowest BCUT2D eigenvalue weighted by Gasteiger charge is -2.31. The summed E-state index contributed by atoms with van der Waals surface area (Å²) >= 11 is 0. The molecule has 0 saturated carbocycles. The van der Waals surface area contributed by atoms with Gasteiger partial charge in [0.1, 0.15) is 11.2 Å². The summed E-state index contributed by atoms with van der Waals surface area (Å²) < 4.78 is 2.25. The number of hydrogen-bond acceptors (Lipinski definition) is 3. The SMILES string of the molecule is Cc1ccc(N(c2ccc(C)cc2)c2c3ccccc3c(N(c3ccc(C)cc3)c3ccc(C)cc3)c3c2nc2ccccn23)cc1. The van der Waals surface area contributed by atoms with Gasteiger partial charge in [-0.3, -0.25) is 4.40 Å². The van der Waals surface area contributed by atoms with E-state index >= 15 is 0 Å². The maximum absolute atomic E-state index is 5.43. The minimum Gasteiger partial charge on any atom is -0.308 e. The van der Waals surface area contributed by atoms with Crippen LogP contribution in [0.4, 0.5) is 34.1 Å². The number of aromatic nitrogens is 2. The van der Waals surface area contributed by atoms with Crippen molar-refractivity contribution >= 4 is 61.6 Å². The summed E-state index contributed by atoms with van der Waals surface area (Å²) in [5.74, 6) is 0. The van der Waals surface area contributed by atoms with Gasteiger partial charge in [-0.1, -0.05) is 101 Å². The molecule has 4 nitrogen and oxygen atoms in total. The highest BCUT2D eigenvalue weighted by molar-refractivity contribution is 6.22. The Kier molecular flexibility index (Phi) is 6.99. The lowest BCUT2D eigenvalue weighted by atomic mass is 10.00. The van der Waals surface area contributed by atoms with Crippen LogP contribution in [0, 0.1) is 27.7 Å². The molecule has 8 rings (SSSR count). The Labute approximate surface area is 275 Å². The maximum Gasteiger partial charge on any atom is 0.138 e. The molecule has 8 aromatic rings. The largest absolute Gasteiger partial charge is 0.308 e. The molecule has 0 atom stereocenters. The fourth-order valence-corrected chi connectivity index (χ4v) is 6.58. The van der Waals surface area contributed by atoms with Gasteiger partial charge in [-0.05, 0) is 88.4 Å². The van der Waals surface area contributed by atoms with Gasteiger partial charge >= 0.3 is 0 Å². The number of rotatable bonds is 6. The monoisotopic (exact) mass is 608 g/mol. The molecule has 0 spiro atoms. The molecular weight excluding hydrogens is 573 g/mol. The number of nitrogens with zero attached hydrogens (tertiary/aromatic N) is 4. The molecule has 0 unspecified atom stereocenters. The number of fused-ring (bicyclic) bond motifs is 4. The van der Waals surface area contributed by atoms with Crippen LogP contribution in [0.5, 0.6) is 0 Å². The van der Waals surface area contributed by atoms with E-state index < -0.39 is 0 Å². The highest BCUT2D eigenvalue weighted by atomic mass is 15.2. The molecule has 0 saturated heterocycles. The van der Waals surface area contributed by atoms with Gasteiger partial charge in [-0.2, -0.15) is 0 Å². The quantitative estimate of drug-likeness (QED) is 0.176. The van der Waals surface area contributed by atoms with Gasteiger partial charge in [0.05, 0.1) is 16.9 Å². The zero-order valence-electron chi connectivity index (χ0n) is 27.1. The normalized spacial score (nSPS) is 11.4. The Hall–Kier alpha value is -5.87. The fourth-order valence-electron chi connectivity index (χ4n) is 6.58. The molecular formula is C43H36N4. The molecule has 0 aliphatic carbocycles. The van der Waals surface area contributed by atoms with Crippen LogP contribution in [0.25, 0.3) is 27.5 Å². The number of anilines is 6. The highest BCUT2D eigenvalue weighted by Crippen LogP contribution is 2.51. The van der Waals surface area contributed by atoms with E-state index in [2.05, 4.69) is 188 Å². The third kappa shape index (κ3) is 4.99.